The molecule has 0 aliphatic carbocycles. The number of halogens is 2. The Balaban J connectivity index is 2.40. The molecule has 0 saturated carbocycles. The number of nitrogens with zero attached hydrogens (tertiary/aromatic N) is 1. The van der Waals surface area contributed by atoms with Crippen LogP contribution in [0.2, 0.25) is 0 Å². The lowest BCUT2D eigenvalue weighted by Crippen LogP contribution is -2.46. The van der Waals surface area contributed by atoms with Gasteiger partial charge in [0.05, 0.1) is 5.37 Å². The summed E-state index contributed by atoms with van der Waals surface area (Å²) in [6.45, 7) is 6.08. The van der Waals surface area contributed by atoms with E-state index in [0.717, 1.165) is 18.6 Å². The second-order valence-corrected chi connectivity index (χ2v) is 7.51. The molecule has 3 atom stereocenters. The van der Waals surface area contributed by atoms with Gasteiger partial charge in [-0.25, -0.2) is 8.78 Å². The van der Waals surface area contributed by atoms with Gasteiger partial charge in [-0.15, -0.1) is 0 Å². The van der Waals surface area contributed by atoms with E-state index in [2.05, 4.69) is 0 Å². The maximum atomic E-state index is 14.0. The van der Waals surface area contributed by atoms with Crippen LogP contribution in [-0.2, 0) is 11.1 Å². The molecule has 0 radical (unpaired) electrons. The van der Waals surface area contributed by atoms with Crippen molar-refractivity contribution in [2.75, 3.05) is 6.54 Å². The van der Waals surface area contributed by atoms with Gasteiger partial charge < -0.3 is 4.55 Å². The average Bonchev–Trinajstić information content (AvgIpc) is 2.78. The van der Waals surface area contributed by atoms with Crippen LogP contribution < -0.4 is 0 Å². The molecular formula is C15H20F2NO2S-. The van der Waals surface area contributed by atoms with E-state index < -0.39 is 39.5 Å². The zero-order chi connectivity index (χ0) is 15.8. The summed E-state index contributed by atoms with van der Waals surface area (Å²) in [4.78, 5) is 1.78. The second-order valence-electron chi connectivity index (χ2n) is 6.54. The molecule has 0 N–H and O–H groups in total. The summed E-state index contributed by atoms with van der Waals surface area (Å²) in [7, 11) is 0. The molecule has 1 saturated heterocycles. The van der Waals surface area contributed by atoms with E-state index in [1.807, 2.05) is 20.8 Å². The first-order chi connectivity index (χ1) is 9.71. The number of hydrogen-bond acceptors (Lipinski definition) is 3. The molecule has 0 amide bonds. The molecule has 0 aromatic heterocycles. The van der Waals surface area contributed by atoms with Crippen LogP contribution in [0.25, 0.3) is 0 Å². The topological polar surface area (TPSA) is 43.4 Å². The quantitative estimate of drug-likeness (QED) is 0.803. The molecule has 118 valence electrons. The van der Waals surface area contributed by atoms with Crippen LogP contribution in [0.4, 0.5) is 8.78 Å². The smallest absolute Gasteiger partial charge is 0.128 e. The highest BCUT2D eigenvalue weighted by atomic mass is 32.2. The van der Waals surface area contributed by atoms with Gasteiger partial charge in [-0.3, -0.25) is 9.11 Å². The van der Waals surface area contributed by atoms with E-state index in [-0.39, 0.29) is 5.56 Å². The Morgan fingerprint density at radius 2 is 2.05 bits per heavy atom. The van der Waals surface area contributed by atoms with E-state index in [0.29, 0.717) is 13.0 Å². The largest absolute Gasteiger partial charge is 0.771 e. The van der Waals surface area contributed by atoms with Gasteiger partial charge in [0.25, 0.3) is 0 Å². The number of rotatable bonds is 3. The Hall–Kier alpha value is -0.850. The van der Waals surface area contributed by atoms with E-state index in [1.165, 1.54) is 6.07 Å². The first-order valence-electron chi connectivity index (χ1n) is 7.00. The van der Waals surface area contributed by atoms with E-state index >= 15 is 0 Å². The Morgan fingerprint density at radius 3 is 2.62 bits per heavy atom. The highest BCUT2D eigenvalue weighted by Crippen LogP contribution is 2.40. The number of likely N-dealkylation sites (tertiary alicyclic amines) is 1. The minimum Gasteiger partial charge on any atom is -0.771 e. The molecule has 0 bridgehead atoms. The molecule has 1 fully saturated rings. The highest BCUT2D eigenvalue weighted by Gasteiger charge is 2.39. The lowest BCUT2D eigenvalue weighted by atomic mass is 9.94. The predicted molar refractivity (Wildman–Crippen MR) is 77.2 cm³/mol. The number of hydrogen-bond donors (Lipinski definition) is 0. The van der Waals surface area contributed by atoms with Crippen LogP contribution in [0.1, 0.15) is 45.2 Å². The standard InChI is InChI=1S/C15H21F2NO2S/c1-15(2,3)14(21(19)20)18-8-4-5-13(18)11-9-10(16)6-7-12(11)17/h6-7,9,13-14H,4-5,8H2,1-3H3,(H,19,20)/p-1/t13-,14?/m1/s1. The zero-order valence-corrected chi connectivity index (χ0v) is 13.3. The van der Waals surface area contributed by atoms with Crippen LogP contribution >= 0.6 is 0 Å². The monoisotopic (exact) mass is 316 g/mol. The van der Waals surface area contributed by atoms with Crippen LogP contribution in [0.3, 0.4) is 0 Å². The van der Waals surface area contributed by atoms with E-state index in [9.17, 15) is 17.5 Å². The fraction of sp³-hybridized carbons (Fsp3) is 0.600. The van der Waals surface area contributed by atoms with Gasteiger partial charge in [0.1, 0.15) is 11.6 Å². The summed E-state index contributed by atoms with van der Waals surface area (Å²) in [5.41, 5.74) is -0.258. The van der Waals surface area contributed by atoms with Crippen molar-refractivity contribution in [2.45, 2.75) is 45.0 Å². The minimum atomic E-state index is -2.31. The third-order valence-corrected chi connectivity index (χ3v) is 5.18. The van der Waals surface area contributed by atoms with Crippen molar-refractivity contribution < 1.29 is 17.5 Å². The second kappa shape index (κ2) is 6.10. The van der Waals surface area contributed by atoms with Crippen molar-refractivity contribution in [1.82, 2.24) is 4.90 Å². The number of benzene rings is 1. The molecule has 6 heteroatoms. The summed E-state index contributed by atoms with van der Waals surface area (Å²) in [6, 6.07) is 2.95. The first-order valence-corrected chi connectivity index (χ1v) is 8.14. The van der Waals surface area contributed by atoms with Crippen molar-refractivity contribution >= 4 is 11.1 Å². The van der Waals surface area contributed by atoms with Crippen molar-refractivity contribution in [2.24, 2.45) is 5.41 Å². The maximum absolute atomic E-state index is 14.0. The SMILES string of the molecule is CC(C)(C)C(N1CCC[C@@H]1c1cc(F)ccc1F)S(=O)[O-]. The molecular weight excluding hydrogens is 296 g/mol. The maximum Gasteiger partial charge on any atom is 0.128 e. The molecule has 2 unspecified atom stereocenters. The fourth-order valence-corrected chi connectivity index (χ4v) is 4.12. The molecule has 21 heavy (non-hydrogen) atoms. The van der Waals surface area contributed by atoms with Gasteiger partial charge in [-0.2, -0.15) is 0 Å². The molecule has 1 aliphatic heterocycles. The fourth-order valence-electron chi connectivity index (χ4n) is 3.07. The molecule has 0 spiro atoms. The van der Waals surface area contributed by atoms with E-state index in [4.69, 9.17) is 0 Å². The van der Waals surface area contributed by atoms with Gasteiger partial charge in [-0.05, 0) is 54.1 Å². The van der Waals surface area contributed by atoms with Crippen molar-refractivity contribution in [3.63, 3.8) is 0 Å². The van der Waals surface area contributed by atoms with Gasteiger partial charge in [0.15, 0.2) is 0 Å². The molecule has 1 heterocycles. The normalized spacial score (nSPS) is 23.2. The molecule has 1 aliphatic rings. The van der Waals surface area contributed by atoms with Crippen LogP contribution in [0.5, 0.6) is 0 Å². The van der Waals surface area contributed by atoms with Crippen LogP contribution in [0.15, 0.2) is 18.2 Å². The lowest BCUT2D eigenvalue weighted by molar-refractivity contribution is 0.139. The van der Waals surface area contributed by atoms with Crippen molar-refractivity contribution in [3.05, 3.63) is 35.4 Å². The highest BCUT2D eigenvalue weighted by molar-refractivity contribution is 7.79. The molecule has 1 aromatic carbocycles. The molecule has 3 nitrogen and oxygen atoms in total. The molecule has 1 aromatic rings. The molecule has 2 rings (SSSR count). The Kier molecular flexibility index (Phi) is 4.80. The minimum absolute atomic E-state index is 0.243. The van der Waals surface area contributed by atoms with E-state index in [1.54, 1.807) is 4.90 Å². The predicted octanol–water partition coefficient (Wildman–Crippen LogP) is 3.35. The zero-order valence-electron chi connectivity index (χ0n) is 12.4. The summed E-state index contributed by atoms with van der Waals surface area (Å²) < 4.78 is 50.7. The summed E-state index contributed by atoms with van der Waals surface area (Å²) in [5, 5.41) is -0.729. The van der Waals surface area contributed by atoms with Crippen LogP contribution in [-0.4, -0.2) is 25.6 Å². The summed E-state index contributed by atoms with van der Waals surface area (Å²) in [5.74, 6) is -0.994. The Morgan fingerprint density at radius 1 is 1.38 bits per heavy atom. The Bertz CT molecular complexity index is 545. The summed E-state index contributed by atoms with van der Waals surface area (Å²) >= 11 is -2.31. The van der Waals surface area contributed by atoms with Gasteiger partial charge in [0, 0.05) is 11.6 Å². The first kappa shape index (κ1) is 16.5. The van der Waals surface area contributed by atoms with Crippen molar-refractivity contribution in [1.29, 1.82) is 0 Å². The van der Waals surface area contributed by atoms with Crippen LogP contribution in [0, 0.1) is 17.0 Å². The van der Waals surface area contributed by atoms with Crippen molar-refractivity contribution in [3.8, 4) is 0 Å². The van der Waals surface area contributed by atoms with Gasteiger partial charge in [-0.1, -0.05) is 20.8 Å². The third-order valence-electron chi connectivity index (χ3n) is 3.84. The Labute approximate surface area is 126 Å². The lowest BCUT2D eigenvalue weighted by Gasteiger charge is -2.42. The van der Waals surface area contributed by atoms with Gasteiger partial charge in [0.2, 0.25) is 0 Å². The average molecular weight is 316 g/mol. The third kappa shape index (κ3) is 3.49. The van der Waals surface area contributed by atoms with Gasteiger partial charge >= 0.3 is 0 Å². The summed E-state index contributed by atoms with van der Waals surface area (Å²) in [6.07, 6.45) is 1.40.